The van der Waals surface area contributed by atoms with Gasteiger partial charge in [-0.3, -0.25) is 4.79 Å². The Balaban J connectivity index is 1.80. The average molecular weight is 313 g/mol. The molecule has 0 bridgehead atoms. The molecule has 0 aliphatic heterocycles. The smallest absolute Gasteiger partial charge is 0.268 e. The molecule has 1 heterocycles. The molecule has 3 nitrogen and oxygen atoms in total. The van der Waals surface area contributed by atoms with Crippen molar-refractivity contribution in [2.75, 3.05) is 0 Å². The Morgan fingerprint density at radius 1 is 1.14 bits per heavy atom. The number of rotatable bonds is 3. The molecule has 0 unspecified atom stereocenters. The van der Waals surface area contributed by atoms with E-state index in [-0.39, 0.29) is 5.91 Å². The molecule has 0 atom stereocenters. The average Bonchev–Trinajstić information content (AvgIpc) is 2.83. The molecular weight excluding hydrogens is 296 g/mol. The molecule has 3 rings (SSSR count). The van der Waals surface area contributed by atoms with Crippen molar-refractivity contribution in [3.8, 4) is 0 Å². The number of aromatic nitrogens is 1. The van der Waals surface area contributed by atoms with Crippen LogP contribution in [0.1, 0.15) is 27.2 Å². The van der Waals surface area contributed by atoms with E-state index in [0.717, 1.165) is 22.0 Å². The van der Waals surface area contributed by atoms with Crippen LogP contribution in [0.3, 0.4) is 0 Å². The summed E-state index contributed by atoms with van der Waals surface area (Å²) >= 11 is 5.86. The highest BCUT2D eigenvalue weighted by Crippen LogP contribution is 2.22. The van der Waals surface area contributed by atoms with Crippen molar-refractivity contribution < 1.29 is 4.79 Å². The predicted octanol–water partition coefficient (Wildman–Crippen LogP) is 4.37. The van der Waals surface area contributed by atoms with E-state index in [1.54, 1.807) is 0 Å². The number of nitrogens with one attached hydrogen (secondary N) is 2. The van der Waals surface area contributed by atoms with Gasteiger partial charge in [0, 0.05) is 22.5 Å². The minimum atomic E-state index is -0.0960. The third-order valence-electron chi connectivity index (χ3n) is 3.81. The summed E-state index contributed by atoms with van der Waals surface area (Å²) in [5.74, 6) is -0.0960. The van der Waals surface area contributed by atoms with Crippen LogP contribution in [-0.2, 0) is 6.54 Å². The summed E-state index contributed by atoms with van der Waals surface area (Å²) in [5, 5.41) is 4.72. The van der Waals surface area contributed by atoms with Crippen LogP contribution in [0, 0.1) is 13.8 Å². The van der Waals surface area contributed by atoms with E-state index < -0.39 is 0 Å². The summed E-state index contributed by atoms with van der Waals surface area (Å²) in [7, 11) is 0. The monoisotopic (exact) mass is 312 g/mol. The summed E-state index contributed by atoms with van der Waals surface area (Å²) in [6, 6.07) is 13.6. The van der Waals surface area contributed by atoms with Crippen molar-refractivity contribution in [2.45, 2.75) is 20.4 Å². The van der Waals surface area contributed by atoms with Gasteiger partial charge in [0.25, 0.3) is 5.91 Å². The van der Waals surface area contributed by atoms with Gasteiger partial charge in [-0.1, -0.05) is 35.4 Å². The maximum absolute atomic E-state index is 12.4. The van der Waals surface area contributed by atoms with Crippen molar-refractivity contribution >= 4 is 28.4 Å². The van der Waals surface area contributed by atoms with Gasteiger partial charge in [-0.15, -0.1) is 0 Å². The van der Waals surface area contributed by atoms with Gasteiger partial charge >= 0.3 is 0 Å². The minimum absolute atomic E-state index is 0.0960. The number of benzene rings is 2. The number of aromatic amines is 1. The Kier molecular flexibility index (Phi) is 3.90. The lowest BCUT2D eigenvalue weighted by atomic mass is 10.1. The molecule has 1 aromatic heterocycles. The Hall–Kier alpha value is -2.26. The highest BCUT2D eigenvalue weighted by molar-refractivity contribution is 6.30. The number of carbonyl (C=O) groups is 1. The van der Waals surface area contributed by atoms with Crippen molar-refractivity contribution in [1.29, 1.82) is 0 Å². The van der Waals surface area contributed by atoms with Gasteiger partial charge in [-0.2, -0.15) is 0 Å². The van der Waals surface area contributed by atoms with Gasteiger partial charge in [0.2, 0.25) is 0 Å². The fourth-order valence-corrected chi connectivity index (χ4v) is 2.67. The van der Waals surface area contributed by atoms with Gasteiger partial charge in [0.15, 0.2) is 0 Å². The number of hydrogen-bond acceptors (Lipinski definition) is 1. The molecule has 0 aliphatic carbocycles. The maximum atomic E-state index is 12.4. The van der Waals surface area contributed by atoms with Gasteiger partial charge < -0.3 is 10.3 Å². The number of carbonyl (C=O) groups excluding carboxylic acids is 1. The highest BCUT2D eigenvalue weighted by atomic mass is 35.5. The van der Waals surface area contributed by atoms with Gasteiger partial charge in [-0.25, -0.2) is 0 Å². The molecule has 0 radical (unpaired) electrons. The standard InChI is InChI=1S/C18H17ClN2O/c1-11-3-8-16-15(9-11)12(2)17(21-16)18(22)20-10-13-4-6-14(19)7-5-13/h3-9,21H,10H2,1-2H3,(H,20,22). The third kappa shape index (κ3) is 2.85. The SMILES string of the molecule is Cc1ccc2[nH]c(C(=O)NCc3ccc(Cl)cc3)c(C)c2c1. The topological polar surface area (TPSA) is 44.9 Å². The van der Waals surface area contributed by atoms with Gasteiger partial charge in [0.05, 0.1) is 0 Å². The molecule has 112 valence electrons. The summed E-state index contributed by atoms with van der Waals surface area (Å²) in [6.45, 7) is 4.49. The first-order chi connectivity index (χ1) is 10.5. The first kappa shape index (κ1) is 14.7. The Labute approximate surface area is 134 Å². The normalized spacial score (nSPS) is 10.9. The molecule has 1 amide bonds. The van der Waals surface area contributed by atoms with Crippen LogP contribution >= 0.6 is 11.6 Å². The zero-order chi connectivity index (χ0) is 15.7. The molecule has 0 aliphatic rings. The summed E-state index contributed by atoms with van der Waals surface area (Å²) < 4.78 is 0. The lowest BCUT2D eigenvalue weighted by Gasteiger charge is -2.05. The lowest BCUT2D eigenvalue weighted by Crippen LogP contribution is -2.23. The van der Waals surface area contributed by atoms with Gasteiger partial charge in [0.1, 0.15) is 5.69 Å². The zero-order valence-electron chi connectivity index (χ0n) is 12.5. The Morgan fingerprint density at radius 2 is 1.86 bits per heavy atom. The molecule has 0 saturated carbocycles. The van der Waals surface area contributed by atoms with Crippen LogP contribution < -0.4 is 5.32 Å². The van der Waals surface area contributed by atoms with E-state index in [4.69, 9.17) is 11.6 Å². The lowest BCUT2D eigenvalue weighted by molar-refractivity contribution is 0.0946. The minimum Gasteiger partial charge on any atom is -0.350 e. The van der Waals surface area contributed by atoms with E-state index in [0.29, 0.717) is 17.3 Å². The molecule has 0 fully saturated rings. The fourth-order valence-electron chi connectivity index (χ4n) is 2.54. The van der Waals surface area contributed by atoms with Crippen LogP contribution in [0.4, 0.5) is 0 Å². The van der Waals surface area contributed by atoms with Crippen molar-refractivity contribution in [2.24, 2.45) is 0 Å². The van der Waals surface area contributed by atoms with Crippen LogP contribution in [0.5, 0.6) is 0 Å². The van der Waals surface area contributed by atoms with Gasteiger partial charge in [-0.05, 0) is 49.2 Å². The summed E-state index contributed by atoms with van der Waals surface area (Å²) in [5.41, 5.74) is 4.78. The zero-order valence-corrected chi connectivity index (χ0v) is 13.3. The number of amides is 1. The summed E-state index contributed by atoms with van der Waals surface area (Å²) in [6.07, 6.45) is 0. The van der Waals surface area contributed by atoms with Crippen molar-refractivity contribution in [3.05, 3.63) is 69.9 Å². The second-order valence-corrected chi connectivity index (χ2v) is 5.92. The first-order valence-corrected chi connectivity index (χ1v) is 7.54. The highest BCUT2D eigenvalue weighted by Gasteiger charge is 2.14. The van der Waals surface area contributed by atoms with E-state index in [1.807, 2.05) is 50.2 Å². The van der Waals surface area contributed by atoms with Crippen LogP contribution in [0.2, 0.25) is 5.02 Å². The second kappa shape index (κ2) is 5.85. The molecule has 4 heteroatoms. The number of hydrogen-bond donors (Lipinski definition) is 2. The molecule has 2 N–H and O–H groups in total. The number of aryl methyl sites for hydroxylation is 2. The number of halogens is 1. The molecular formula is C18H17ClN2O. The predicted molar refractivity (Wildman–Crippen MR) is 90.4 cm³/mol. The molecule has 3 aromatic rings. The van der Waals surface area contributed by atoms with Crippen molar-refractivity contribution in [3.63, 3.8) is 0 Å². The third-order valence-corrected chi connectivity index (χ3v) is 4.06. The van der Waals surface area contributed by atoms with Crippen LogP contribution in [0.15, 0.2) is 42.5 Å². The van der Waals surface area contributed by atoms with Crippen molar-refractivity contribution in [1.82, 2.24) is 10.3 Å². The van der Waals surface area contributed by atoms with Crippen LogP contribution in [0.25, 0.3) is 10.9 Å². The number of fused-ring (bicyclic) bond motifs is 1. The summed E-state index contributed by atoms with van der Waals surface area (Å²) in [4.78, 5) is 15.6. The first-order valence-electron chi connectivity index (χ1n) is 7.16. The largest absolute Gasteiger partial charge is 0.350 e. The maximum Gasteiger partial charge on any atom is 0.268 e. The van der Waals surface area contributed by atoms with E-state index in [2.05, 4.69) is 16.4 Å². The molecule has 2 aromatic carbocycles. The Bertz CT molecular complexity index is 834. The van der Waals surface area contributed by atoms with Crippen LogP contribution in [-0.4, -0.2) is 10.9 Å². The number of H-pyrrole nitrogens is 1. The quantitative estimate of drug-likeness (QED) is 0.741. The van der Waals surface area contributed by atoms with E-state index in [9.17, 15) is 4.79 Å². The van der Waals surface area contributed by atoms with E-state index >= 15 is 0 Å². The Morgan fingerprint density at radius 3 is 2.59 bits per heavy atom. The second-order valence-electron chi connectivity index (χ2n) is 5.48. The molecule has 22 heavy (non-hydrogen) atoms. The fraction of sp³-hybridized carbons (Fsp3) is 0.167. The molecule has 0 saturated heterocycles. The van der Waals surface area contributed by atoms with E-state index in [1.165, 1.54) is 5.56 Å². The molecule has 0 spiro atoms.